The molecule has 1 N–H and O–H groups in total. The van der Waals surface area contributed by atoms with Gasteiger partial charge in [-0.2, -0.15) is 10.1 Å². The molecular weight excluding hydrogens is 326 g/mol. The van der Waals surface area contributed by atoms with E-state index in [2.05, 4.69) is 20.6 Å². The monoisotopic (exact) mass is 340 g/mol. The molecule has 3 rings (SSSR count). The van der Waals surface area contributed by atoms with E-state index in [1.807, 2.05) is 0 Å². The van der Waals surface area contributed by atoms with Crippen molar-refractivity contribution in [1.82, 2.24) is 24.8 Å². The normalized spacial score (nSPS) is 14.8. The summed E-state index contributed by atoms with van der Waals surface area (Å²) >= 11 is 0. The molecule has 2 aromatic rings. The number of hydrogen-bond donors (Lipinski definition) is 1. The molecule has 1 fully saturated rings. The first-order valence-corrected chi connectivity index (χ1v) is 7.07. The number of rotatable bonds is 3. The molecule has 128 valence electrons. The molecule has 9 nitrogen and oxygen atoms in total. The molecule has 24 heavy (non-hydrogen) atoms. The zero-order valence-electron chi connectivity index (χ0n) is 12.9. The smallest absolute Gasteiger partial charge is 0.314 e. The first-order chi connectivity index (χ1) is 11.3. The number of aromatic nitrogens is 4. The number of amides is 2. The van der Waals surface area contributed by atoms with Crippen LogP contribution in [0.3, 0.4) is 0 Å². The molecule has 1 aliphatic heterocycles. The van der Waals surface area contributed by atoms with E-state index in [4.69, 9.17) is 4.52 Å². The number of aryl methyl sites for hydroxylation is 2. The van der Waals surface area contributed by atoms with Crippen LogP contribution in [0.5, 0.6) is 0 Å². The Labute approximate surface area is 134 Å². The van der Waals surface area contributed by atoms with Gasteiger partial charge in [0, 0.05) is 33.3 Å². The summed E-state index contributed by atoms with van der Waals surface area (Å²) in [5.74, 6) is -1.01. The molecule has 0 atom stereocenters. The van der Waals surface area contributed by atoms with Gasteiger partial charge < -0.3 is 14.7 Å². The molecule has 0 saturated carbocycles. The highest BCUT2D eigenvalue weighted by Crippen LogP contribution is 2.27. The number of carbonyl (C=O) groups excluding carboxylic acids is 2. The summed E-state index contributed by atoms with van der Waals surface area (Å²) in [5, 5.41) is 9.49. The molecule has 3 heterocycles. The fraction of sp³-hybridized carbons (Fsp3) is 0.462. The van der Waals surface area contributed by atoms with Gasteiger partial charge in [-0.25, -0.2) is 8.78 Å². The van der Waals surface area contributed by atoms with Gasteiger partial charge in [-0.05, 0) is 0 Å². The van der Waals surface area contributed by atoms with Crippen LogP contribution in [0.2, 0.25) is 0 Å². The van der Waals surface area contributed by atoms with Crippen LogP contribution in [0, 0.1) is 6.92 Å². The van der Waals surface area contributed by atoms with Crippen LogP contribution in [0.1, 0.15) is 29.8 Å². The summed E-state index contributed by atoms with van der Waals surface area (Å²) in [6.07, 6.45) is -1.64. The Kier molecular flexibility index (Phi) is 3.99. The number of nitrogens with one attached hydrogen (secondary N) is 1. The Balaban J connectivity index is 1.59. The average molecular weight is 340 g/mol. The standard InChI is InChI=1S/C13H14F2N6O3/c1-6-16-11(19-24-6)7-3-21(4-7)13(23)12(22)17-8-5-20(2)18-9(8)10(14)15/h5,7,10H,3-4H2,1-2H3,(H,17,22). The van der Waals surface area contributed by atoms with Crippen LogP contribution in [0.25, 0.3) is 0 Å². The summed E-state index contributed by atoms with van der Waals surface area (Å²) in [7, 11) is 1.44. The SMILES string of the molecule is Cc1nc(C2CN(C(=O)C(=O)Nc3cn(C)nc3C(F)F)C2)no1. The van der Waals surface area contributed by atoms with Gasteiger partial charge >= 0.3 is 11.8 Å². The van der Waals surface area contributed by atoms with Gasteiger partial charge in [0.25, 0.3) is 6.43 Å². The zero-order chi connectivity index (χ0) is 17.4. The maximum Gasteiger partial charge on any atom is 0.314 e. The number of carbonyl (C=O) groups is 2. The van der Waals surface area contributed by atoms with Gasteiger partial charge in [-0.1, -0.05) is 5.16 Å². The molecular formula is C13H14F2N6O3. The summed E-state index contributed by atoms with van der Waals surface area (Å²) < 4.78 is 31.6. The quantitative estimate of drug-likeness (QED) is 0.821. The van der Waals surface area contributed by atoms with Crippen molar-refractivity contribution in [2.45, 2.75) is 19.3 Å². The number of anilines is 1. The fourth-order valence-electron chi connectivity index (χ4n) is 2.37. The number of nitrogens with zero attached hydrogens (tertiary/aromatic N) is 5. The van der Waals surface area contributed by atoms with E-state index in [0.29, 0.717) is 11.7 Å². The Bertz CT molecular complexity index is 781. The Morgan fingerprint density at radius 2 is 2.12 bits per heavy atom. The summed E-state index contributed by atoms with van der Waals surface area (Å²) in [6.45, 7) is 2.18. The Morgan fingerprint density at radius 1 is 1.42 bits per heavy atom. The highest BCUT2D eigenvalue weighted by Gasteiger charge is 2.37. The summed E-state index contributed by atoms with van der Waals surface area (Å²) in [5.41, 5.74) is -0.765. The molecule has 0 aromatic carbocycles. The Morgan fingerprint density at radius 3 is 2.71 bits per heavy atom. The second-order valence-corrected chi connectivity index (χ2v) is 5.44. The van der Waals surface area contributed by atoms with Crippen molar-refractivity contribution in [3.05, 3.63) is 23.6 Å². The van der Waals surface area contributed by atoms with Crippen molar-refractivity contribution < 1.29 is 22.9 Å². The van der Waals surface area contributed by atoms with Gasteiger partial charge in [0.1, 0.15) is 0 Å². The molecule has 1 saturated heterocycles. The van der Waals surface area contributed by atoms with Crippen LogP contribution in [0.4, 0.5) is 14.5 Å². The first kappa shape index (κ1) is 16.0. The highest BCUT2D eigenvalue weighted by atomic mass is 19.3. The number of likely N-dealkylation sites (tertiary alicyclic amines) is 1. The van der Waals surface area contributed by atoms with Gasteiger partial charge in [0.2, 0.25) is 5.89 Å². The van der Waals surface area contributed by atoms with Crippen LogP contribution in [0.15, 0.2) is 10.7 Å². The van der Waals surface area contributed by atoms with Crippen molar-refractivity contribution >= 4 is 17.5 Å². The van der Waals surface area contributed by atoms with Crippen LogP contribution >= 0.6 is 0 Å². The van der Waals surface area contributed by atoms with E-state index in [1.54, 1.807) is 6.92 Å². The molecule has 11 heteroatoms. The van der Waals surface area contributed by atoms with Crippen molar-refractivity contribution in [2.24, 2.45) is 7.05 Å². The third kappa shape index (κ3) is 2.96. The second kappa shape index (κ2) is 5.98. The highest BCUT2D eigenvalue weighted by molar-refractivity contribution is 6.39. The summed E-state index contributed by atoms with van der Waals surface area (Å²) in [6, 6.07) is 0. The van der Waals surface area contributed by atoms with Crippen molar-refractivity contribution in [3.63, 3.8) is 0 Å². The van der Waals surface area contributed by atoms with Crippen molar-refractivity contribution in [2.75, 3.05) is 18.4 Å². The molecule has 1 aliphatic rings. The molecule has 0 unspecified atom stereocenters. The minimum absolute atomic E-state index is 0.103. The van der Waals surface area contributed by atoms with E-state index < -0.39 is 23.9 Å². The predicted octanol–water partition coefficient (Wildman–Crippen LogP) is 0.614. The molecule has 2 aromatic heterocycles. The topological polar surface area (TPSA) is 106 Å². The van der Waals surface area contributed by atoms with Gasteiger partial charge in [-0.15, -0.1) is 0 Å². The van der Waals surface area contributed by atoms with E-state index in [9.17, 15) is 18.4 Å². The van der Waals surface area contributed by atoms with Crippen molar-refractivity contribution in [3.8, 4) is 0 Å². The Hall–Kier alpha value is -2.85. The van der Waals surface area contributed by atoms with Crippen molar-refractivity contribution in [1.29, 1.82) is 0 Å². The minimum atomic E-state index is -2.86. The molecule has 0 bridgehead atoms. The molecule has 2 amide bonds. The maximum atomic E-state index is 12.8. The third-order valence-electron chi connectivity index (χ3n) is 3.58. The fourth-order valence-corrected chi connectivity index (χ4v) is 2.37. The third-order valence-corrected chi connectivity index (χ3v) is 3.58. The first-order valence-electron chi connectivity index (χ1n) is 7.07. The van der Waals surface area contributed by atoms with Crippen LogP contribution in [-0.2, 0) is 16.6 Å². The number of hydrogen-bond acceptors (Lipinski definition) is 6. The number of alkyl halides is 2. The predicted molar refractivity (Wildman–Crippen MR) is 75.2 cm³/mol. The largest absolute Gasteiger partial charge is 0.340 e. The minimum Gasteiger partial charge on any atom is -0.340 e. The number of halogens is 2. The van der Waals surface area contributed by atoms with Crippen LogP contribution in [-0.4, -0.2) is 49.7 Å². The molecule has 0 aliphatic carbocycles. The second-order valence-electron chi connectivity index (χ2n) is 5.44. The van der Waals surface area contributed by atoms with E-state index >= 15 is 0 Å². The van der Waals surface area contributed by atoms with Crippen LogP contribution < -0.4 is 5.32 Å². The molecule has 0 radical (unpaired) electrons. The molecule has 0 spiro atoms. The van der Waals surface area contributed by atoms with Gasteiger partial charge in [0.15, 0.2) is 11.5 Å². The lowest BCUT2D eigenvalue weighted by Crippen LogP contribution is -2.52. The zero-order valence-corrected chi connectivity index (χ0v) is 12.9. The van der Waals surface area contributed by atoms with E-state index in [0.717, 1.165) is 4.68 Å². The average Bonchev–Trinajstić information content (AvgIpc) is 3.03. The maximum absolute atomic E-state index is 12.8. The van der Waals surface area contributed by atoms with E-state index in [1.165, 1.54) is 18.1 Å². The van der Waals surface area contributed by atoms with E-state index in [-0.39, 0.29) is 24.7 Å². The lowest BCUT2D eigenvalue weighted by atomic mass is 9.99. The lowest BCUT2D eigenvalue weighted by Gasteiger charge is -2.36. The lowest BCUT2D eigenvalue weighted by molar-refractivity contribution is -0.146. The van der Waals surface area contributed by atoms with Gasteiger partial charge in [-0.3, -0.25) is 14.3 Å². The summed E-state index contributed by atoms with van der Waals surface area (Å²) in [4.78, 5) is 29.3. The van der Waals surface area contributed by atoms with Gasteiger partial charge in [0.05, 0.1) is 11.6 Å².